The number of allylic oxidation sites excluding steroid dienone is 4. The van der Waals surface area contributed by atoms with Crippen molar-refractivity contribution < 1.29 is 0 Å². The van der Waals surface area contributed by atoms with E-state index in [2.05, 4.69) is 18.3 Å². The number of hydrogen-bond donors (Lipinski definition) is 0. The summed E-state index contributed by atoms with van der Waals surface area (Å²) in [5, 5.41) is 0. The molecule has 0 aliphatic rings. The van der Waals surface area contributed by atoms with Crippen molar-refractivity contribution in [3.63, 3.8) is 0 Å². The van der Waals surface area contributed by atoms with E-state index in [-0.39, 0.29) is 0 Å². The largest absolute Gasteiger partial charge is 0.272 e. The smallest absolute Gasteiger partial charge is 0.0266 e. The molecule has 0 aliphatic carbocycles. The van der Waals surface area contributed by atoms with Crippen LogP contribution >= 0.6 is 0 Å². The highest BCUT2D eigenvalue weighted by molar-refractivity contribution is 5.30. The Morgan fingerprint density at radius 2 is 2.11 bits per heavy atom. The van der Waals surface area contributed by atoms with Crippen LogP contribution in [0.25, 0.3) is 0 Å². The predicted molar refractivity (Wildman–Crippen MR) is 42.6 cm³/mol. The van der Waals surface area contributed by atoms with Crippen LogP contribution in [0.5, 0.6) is 0 Å². The third kappa shape index (κ3) is 4.75. The predicted octanol–water partition coefficient (Wildman–Crippen LogP) is 2.33. The van der Waals surface area contributed by atoms with Gasteiger partial charge in [-0.2, -0.15) is 0 Å². The van der Waals surface area contributed by atoms with Gasteiger partial charge in [-0.15, -0.1) is 0 Å². The minimum Gasteiger partial charge on any atom is -0.272 e. The van der Waals surface area contributed by atoms with Crippen LogP contribution in [0.2, 0.25) is 0 Å². The maximum atomic E-state index is 3.72. The topological polar surface area (TPSA) is 12.4 Å². The van der Waals surface area contributed by atoms with Gasteiger partial charge in [-0.25, -0.2) is 0 Å². The first-order valence-corrected chi connectivity index (χ1v) is 2.75. The van der Waals surface area contributed by atoms with Crippen molar-refractivity contribution in [2.75, 3.05) is 0 Å². The number of rotatable bonds is 3. The summed E-state index contributed by atoms with van der Waals surface area (Å²) in [6.45, 7) is 8.96. The second-order valence-corrected chi connectivity index (χ2v) is 1.57. The van der Waals surface area contributed by atoms with E-state index in [0.29, 0.717) is 0 Å². The lowest BCUT2D eigenvalue weighted by Gasteiger charge is -1.82. The molecule has 1 heteroatoms. The maximum Gasteiger partial charge on any atom is 0.0266 e. The van der Waals surface area contributed by atoms with E-state index < -0.39 is 0 Å². The average Bonchev–Trinajstić information content (AvgIpc) is 1.85. The number of hydrogen-bond acceptors (Lipinski definition) is 1. The van der Waals surface area contributed by atoms with Crippen molar-refractivity contribution in [2.24, 2.45) is 4.99 Å². The average molecular weight is 121 g/mol. The molecule has 0 aromatic heterocycles. The summed E-state index contributed by atoms with van der Waals surface area (Å²) in [5.74, 6) is 0. The molecule has 0 saturated carbocycles. The summed E-state index contributed by atoms with van der Waals surface area (Å²) in [6.07, 6.45) is 7.24. The van der Waals surface area contributed by atoms with Crippen LogP contribution in [0.4, 0.5) is 0 Å². The maximum absolute atomic E-state index is 3.72. The molecule has 0 aromatic rings. The van der Waals surface area contributed by atoms with Gasteiger partial charge in [0.25, 0.3) is 0 Å². The van der Waals surface area contributed by atoms with E-state index in [0.717, 1.165) is 5.57 Å². The Bertz CT molecular complexity index is 152. The zero-order valence-electron chi connectivity index (χ0n) is 5.67. The van der Waals surface area contributed by atoms with Gasteiger partial charge in [-0.3, -0.25) is 4.99 Å². The standard InChI is InChI=1S/C8H11N/c1-4-5-8(2)6-7-9-3/h4-7H,2-3H2,1H3/b5-4+,7-6-. The molecule has 0 atom stereocenters. The van der Waals surface area contributed by atoms with Crippen LogP contribution in [0.3, 0.4) is 0 Å². The van der Waals surface area contributed by atoms with Crippen molar-refractivity contribution in [1.82, 2.24) is 0 Å². The van der Waals surface area contributed by atoms with Crippen LogP contribution in [-0.4, -0.2) is 6.72 Å². The van der Waals surface area contributed by atoms with Crippen molar-refractivity contribution in [1.29, 1.82) is 0 Å². The Morgan fingerprint density at radius 1 is 1.44 bits per heavy atom. The Morgan fingerprint density at radius 3 is 2.56 bits per heavy atom. The highest BCUT2D eigenvalue weighted by Crippen LogP contribution is 1.93. The molecule has 0 unspecified atom stereocenters. The molecule has 0 N–H and O–H groups in total. The summed E-state index contributed by atoms with van der Waals surface area (Å²) < 4.78 is 0. The third-order valence-corrected chi connectivity index (χ3v) is 0.775. The molecular formula is C8H11N. The minimum absolute atomic E-state index is 0.935. The Hall–Kier alpha value is -1.11. The first kappa shape index (κ1) is 7.89. The molecule has 0 radical (unpaired) electrons. The molecule has 0 saturated heterocycles. The van der Waals surface area contributed by atoms with Crippen molar-refractivity contribution in [3.8, 4) is 0 Å². The SMILES string of the molecule is C=N/C=C\C(=C)/C=C/C. The van der Waals surface area contributed by atoms with Gasteiger partial charge in [0.1, 0.15) is 0 Å². The van der Waals surface area contributed by atoms with Gasteiger partial charge in [-0.05, 0) is 25.3 Å². The van der Waals surface area contributed by atoms with Gasteiger partial charge in [0.15, 0.2) is 0 Å². The highest BCUT2D eigenvalue weighted by atomic mass is 14.6. The zero-order valence-corrected chi connectivity index (χ0v) is 5.67. The molecule has 0 amide bonds. The lowest BCUT2D eigenvalue weighted by Crippen LogP contribution is -1.62. The van der Waals surface area contributed by atoms with Crippen LogP contribution < -0.4 is 0 Å². The first-order chi connectivity index (χ1) is 4.31. The molecule has 0 heterocycles. The summed E-state index contributed by atoms with van der Waals surface area (Å²) in [4.78, 5) is 3.53. The molecule has 0 spiro atoms. The van der Waals surface area contributed by atoms with Crippen molar-refractivity contribution in [3.05, 3.63) is 36.6 Å². The second-order valence-electron chi connectivity index (χ2n) is 1.57. The monoisotopic (exact) mass is 121 g/mol. The van der Waals surface area contributed by atoms with Crippen LogP contribution in [0.1, 0.15) is 6.92 Å². The number of nitrogens with zero attached hydrogens (tertiary/aromatic N) is 1. The first-order valence-electron chi connectivity index (χ1n) is 2.75. The minimum atomic E-state index is 0.935. The lowest BCUT2D eigenvalue weighted by molar-refractivity contribution is 1.57. The second kappa shape index (κ2) is 5.04. The summed E-state index contributed by atoms with van der Waals surface area (Å²) in [5.41, 5.74) is 0.935. The van der Waals surface area contributed by atoms with Gasteiger partial charge < -0.3 is 0 Å². The summed E-state index contributed by atoms with van der Waals surface area (Å²) in [6, 6.07) is 0. The third-order valence-electron chi connectivity index (χ3n) is 0.775. The molecule has 48 valence electrons. The van der Waals surface area contributed by atoms with E-state index in [1.807, 2.05) is 19.1 Å². The fraction of sp³-hybridized carbons (Fsp3) is 0.125. The van der Waals surface area contributed by atoms with Crippen molar-refractivity contribution in [2.45, 2.75) is 6.92 Å². The van der Waals surface area contributed by atoms with Gasteiger partial charge in [0.05, 0.1) is 0 Å². The van der Waals surface area contributed by atoms with Crippen LogP contribution in [0.15, 0.2) is 41.6 Å². The molecular weight excluding hydrogens is 110 g/mol. The zero-order chi connectivity index (χ0) is 7.11. The highest BCUT2D eigenvalue weighted by Gasteiger charge is 1.73. The van der Waals surface area contributed by atoms with E-state index in [9.17, 15) is 0 Å². The van der Waals surface area contributed by atoms with Gasteiger partial charge in [0.2, 0.25) is 0 Å². The fourth-order valence-electron chi connectivity index (χ4n) is 0.418. The van der Waals surface area contributed by atoms with E-state index >= 15 is 0 Å². The van der Waals surface area contributed by atoms with Crippen molar-refractivity contribution >= 4 is 6.72 Å². The molecule has 9 heavy (non-hydrogen) atoms. The summed E-state index contributed by atoms with van der Waals surface area (Å²) in [7, 11) is 0. The molecule has 0 bridgehead atoms. The van der Waals surface area contributed by atoms with Gasteiger partial charge in [-0.1, -0.05) is 18.7 Å². The Balaban J connectivity index is 3.76. The molecule has 0 aliphatic heterocycles. The molecule has 0 fully saturated rings. The normalized spacial score (nSPS) is 10.8. The Kier molecular flexibility index (Phi) is 4.41. The fourth-order valence-corrected chi connectivity index (χ4v) is 0.418. The van der Waals surface area contributed by atoms with E-state index in [1.165, 1.54) is 0 Å². The Labute approximate surface area is 56.1 Å². The lowest BCUT2D eigenvalue weighted by atomic mass is 10.3. The van der Waals surface area contributed by atoms with E-state index in [4.69, 9.17) is 0 Å². The molecule has 0 aromatic carbocycles. The quantitative estimate of drug-likeness (QED) is 0.401. The number of aliphatic imine (C=N–C) groups is 1. The van der Waals surface area contributed by atoms with Gasteiger partial charge in [0, 0.05) is 6.20 Å². The van der Waals surface area contributed by atoms with Crippen LogP contribution in [0, 0.1) is 0 Å². The molecule has 1 nitrogen and oxygen atoms in total. The van der Waals surface area contributed by atoms with Crippen LogP contribution in [-0.2, 0) is 0 Å². The summed E-state index contributed by atoms with van der Waals surface area (Å²) >= 11 is 0. The molecule has 0 rings (SSSR count). The van der Waals surface area contributed by atoms with E-state index in [1.54, 1.807) is 12.3 Å². The van der Waals surface area contributed by atoms with Gasteiger partial charge >= 0.3 is 0 Å².